The minimum atomic E-state index is -0.683. The summed E-state index contributed by atoms with van der Waals surface area (Å²) in [5.41, 5.74) is 0.584. The van der Waals surface area contributed by atoms with Crippen LogP contribution in [0.25, 0.3) is 0 Å². The number of carbonyl (C=O) groups is 3. The molecule has 2 aliphatic heterocycles. The fraction of sp³-hybridized carbons (Fsp3) is 0.450. The number of fused-ring (bicyclic) bond motifs is 1. The van der Waals surface area contributed by atoms with Crippen LogP contribution in [0.15, 0.2) is 29.5 Å². The number of ether oxygens (including phenoxy) is 4. The van der Waals surface area contributed by atoms with Crippen molar-refractivity contribution in [2.24, 2.45) is 5.41 Å². The lowest BCUT2D eigenvalue weighted by Crippen LogP contribution is -2.39. The van der Waals surface area contributed by atoms with Gasteiger partial charge in [0.25, 0.3) is 0 Å². The van der Waals surface area contributed by atoms with Gasteiger partial charge in [-0.05, 0) is 26.0 Å². The second kappa shape index (κ2) is 7.75. The molecule has 29 heavy (non-hydrogen) atoms. The van der Waals surface area contributed by atoms with E-state index in [2.05, 4.69) is 0 Å². The average molecular weight is 404 g/mol. The van der Waals surface area contributed by atoms with Crippen LogP contribution in [-0.2, 0) is 28.6 Å². The third-order valence-corrected chi connectivity index (χ3v) is 4.92. The predicted molar refractivity (Wildman–Crippen MR) is 103 cm³/mol. The van der Waals surface area contributed by atoms with Crippen LogP contribution < -0.4 is 14.5 Å². The lowest BCUT2D eigenvalue weighted by molar-refractivity contribution is -0.140. The van der Waals surface area contributed by atoms with Crippen molar-refractivity contribution in [3.8, 4) is 5.75 Å². The molecule has 1 aromatic carbocycles. The van der Waals surface area contributed by atoms with Gasteiger partial charge >= 0.3 is 11.9 Å². The molecule has 0 aliphatic carbocycles. The first-order chi connectivity index (χ1) is 13.7. The molecule has 9 nitrogen and oxygen atoms in total. The van der Waals surface area contributed by atoms with E-state index in [4.69, 9.17) is 18.9 Å². The molecule has 1 amide bonds. The van der Waals surface area contributed by atoms with Gasteiger partial charge in [0.15, 0.2) is 0 Å². The highest BCUT2D eigenvalue weighted by Crippen LogP contribution is 2.39. The van der Waals surface area contributed by atoms with Gasteiger partial charge in [-0.1, -0.05) is 0 Å². The Bertz CT molecular complexity index is 891. The maximum atomic E-state index is 12.6. The number of hydrogen-bond donors (Lipinski definition) is 0. The van der Waals surface area contributed by atoms with Crippen molar-refractivity contribution in [2.75, 3.05) is 51.0 Å². The zero-order valence-corrected chi connectivity index (χ0v) is 17.1. The van der Waals surface area contributed by atoms with Gasteiger partial charge in [0.05, 0.1) is 37.5 Å². The van der Waals surface area contributed by atoms with Gasteiger partial charge in [-0.25, -0.2) is 9.59 Å². The summed E-state index contributed by atoms with van der Waals surface area (Å²) in [6, 6.07) is 5.15. The fourth-order valence-corrected chi connectivity index (χ4v) is 3.29. The Morgan fingerprint density at radius 2 is 1.83 bits per heavy atom. The van der Waals surface area contributed by atoms with Gasteiger partial charge in [0, 0.05) is 18.8 Å². The molecule has 2 aliphatic rings. The standard InChI is InChI=1S/C20H24N2O7/c1-20(2)10-29-15-8-12(6-7-14(15)21(3)19(20)25)22-11-28-9-13(17(23)26-4)16(22)18(24)27-5/h6-8H,9-11H2,1-5H3. The Hall–Kier alpha value is -3.07. The minimum absolute atomic E-state index is 0.0317. The van der Waals surface area contributed by atoms with Crippen molar-refractivity contribution < 1.29 is 33.3 Å². The topological polar surface area (TPSA) is 94.6 Å². The Balaban J connectivity index is 2.07. The Morgan fingerprint density at radius 3 is 2.48 bits per heavy atom. The molecule has 0 N–H and O–H groups in total. The van der Waals surface area contributed by atoms with Crippen molar-refractivity contribution in [3.63, 3.8) is 0 Å². The first kappa shape index (κ1) is 20.7. The van der Waals surface area contributed by atoms with Crippen LogP contribution >= 0.6 is 0 Å². The summed E-state index contributed by atoms with van der Waals surface area (Å²) in [6.07, 6.45) is 0. The van der Waals surface area contributed by atoms with E-state index in [1.165, 1.54) is 19.1 Å². The van der Waals surface area contributed by atoms with Crippen molar-refractivity contribution in [2.45, 2.75) is 13.8 Å². The summed E-state index contributed by atoms with van der Waals surface area (Å²) in [6.45, 7) is 3.80. The number of hydrogen-bond acceptors (Lipinski definition) is 8. The fourth-order valence-electron chi connectivity index (χ4n) is 3.29. The van der Waals surface area contributed by atoms with Crippen molar-refractivity contribution in [3.05, 3.63) is 29.5 Å². The third kappa shape index (κ3) is 3.65. The van der Waals surface area contributed by atoms with E-state index in [-0.39, 0.29) is 37.1 Å². The summed E-state index contributed by atoms with van der Waals surface area (Å²) in [5.74, 6) is -0.932. The number of amides is 1. The lowest BCUT2D eigenvalue weighted by atomic mass is 9.93. The summed E-state index contributed by atoms with van der Waals surface area (Å²) in [5, 5.41) is 0. The molecule has 9 heteroatoms. The lowest BCUT2D eigenvalue weighted by Gasteiger charge is -2.31. The zero-order chi connectivity index (χ0) is 21.3. The molecule has 3 rings (SSSR count). The molecule has 0 saturated heterocycles. The molecule has 0 saturated carbocycles. The number of methoxy groups -OCH3 is 2. The van der Waals surface area contributed by atoms with E-state index in [9.17, 15) is 14.4 Å². The number of nitrogens with zero attached hydrogens (tertiary/aromatic N) is 2. The Labute approximate surface area is 168 Å². The molecule has 0 unspecified atom stereocenters. The number of esters is 2. The molecule has 2 heterocycles. The largest absolute Gasteiger partial charge is 0.490 e. The predicted octanol–water partition coefficient (Wildman–Crippen LogP) is 1.46. The summed E-state index contributed by atoms with van der Waals surface area (Å²) in [7, 11) is 4.16. The van der Waals surface area contributed by atoms with Crippen molar-refractivity contribution in [1.82, 2.24) is 0 Å². The molecular formula is C20H24N2O7. The van der Waals surface area contributed by atoms with E-state index in [0.717, 1.165) is 0 Å². The van der Waals surface area contributed by atoms with Crippen LogP contribution in [0, 0.1) is 5.41 Å². The molecule has 0 aromatic heterocycles. The number of benzene rings is 1. The van der Waals surface area contributed by atoms with Gasteiger partial charge in [-0.15, -0.1) is 0 Å². The maximum Gasteiger partial charge on any atom is 0.355 e. The van der Waals surface area contributed by atoms with Crippen molar-refractivity contribution >= 4 is 29.2 Å². The summed E-state index contributed by atoms with van der Waals surface area (Å²) in [4.78, 5) is 40.3. The Kier molecular flexibility index (Phi) is 5.52. The summed E-state index contributed by atoms with van der Waals surface area (Å²) < 4.78 is 21.0. The molecule has 0 bridgehead atoms. The minimum Gasteiger partial charge on any atom is -0.490 e. The molecule has 156 valence electrons. The van der Waals surface area contributed by atoms with E-state index in [1.54, 1.807) is 30.1 Å². The highest BCUT2D eigenvalue weighted by molar-refractivity contribution is 6.04. The van der Waals surface area contributed by atoms with Crippen LogP contribution in [0.1, 0.15) is 13.8 Å². The van der Waals surface area contributed by atoms with E-state index in [1.807, 2.05) is 13.8 Å². The van der Waals surface area contributed by atoms with Crippen LogP contribution in [0.4, 0.5) is 11.4 Å². The van der Waals surface area contributed by atoms with Gasteiger partial charge in [0.1, 0.15) is 24.8 Å². The number of carbonyl (C=O) groups excluding carboxylic acids is 3. The van der Waals surface area contributed by atoms with Gasteiger partial charge in [-0.3, -0.25) is 4.79 Å². The Morgan fingerprint density at radius 1 is 1.14 bits per heavy atom. The average Bonchev–Trinajstić information content (AvgIpc) is 2.82. The second-order valence-electron chi connectivity index (χ2n) is 7.40. The normalized spacial score (nSPS) is 18.6. The summed E-state index contributed by atoms with van der Waals surface area (Å²) >= 11 is 0. The molecule has 0 radical (unpaired) electrons. The zero-order valence-electron chi connectivity index (χ0n) is 17.1. The molecule has 0 fully saturated rings. The van der Waals surface area contributed by atoms with Crippen molar-refractivity contribution in [1.29, 1.82) is 0 Å². The first-order valence-electron chi connectivity index (χ1n) is 9.01. The quantitative estimate of drug-likeness (QED) is 0.699. The van der Waals surface area contributed by atoms with Crippen LogP contribution in [0.2, 0.25) is 0 Å². The van der Waals surface area contributed by atoms with E-state index in [0.29, 0.717) is 17.1 Å². The number of rotatable bonds is 3. The van der Waals surface area contributed by atoms with Crippen LogP contribution in [0.3, 0.4) is 0 Å². The second-order valence-corrected chi connectivity index (χ2v) is 7.40. The monoisotopic (exact) mass is 404 g/mol. The van der Waals surface area contributed by atoms with E-state index >= 15 is 0 Å². The highest BCUT2D eigenvalue weighted by atomic mass is 16.5. The first-order valence-corrected chi connectivity index (χ1v) is 9.01. The molecule has 0 atom stereocenters. The molecule has 0 spiro atoms. The van der Waals surface area contributed by atoms with Gasteiger partial charge in [-0.2, -0.15) is 0 Å². The van der Waals surface area contributed by atoms with Gasteiger partial charge in [0.2, 0.25) is 5.91 Å². The maximum absolute atomic E-state index is 12.6. The van der Waals surface area contributed by atoms with Crippen LogP contribution in [0.5, 0.6) is 5.75 Å². The third-order valence-electron chi connectivity index (χ3n) is 4.92. The number of anilines is 2. The van der Waals surface area contributed by atoms with E-state index < -0.39 is 17.4 Å². The van der Waals surface area contributed by atoms with Gasteiger partial charge < -0.3 is 28.7 Å². The van der Waals surface area contributed by atoms with Crippen LogP contribution in [-0.4, -0.2) is 59.1 Å². The molecular weight excluding hydrogens is 380 g/mol. The SMILES string of the molecule is COC(=O)C1=C(C(=O)OC)N(c2ccc3c(c2)OCC(C)(C)C(=O)N3C)COC1. The molecule has 1 aromatic rings. The highest BCUT2D eigenvalue weighted by Gasteiger charge is 2.37. The smallest absolute Gasteiger partial charge is 0.355 e.